The molecule has 1 aromatic heterocycles. The lowest BCUT2D eigenvalue weighted by Gasteiger charge is -2.25. The molecule has 2 aromatic rings. The molecule has 2 heterocycles. The van der Waals surface area contributed by atoms with Gasteiger partial charge in [-0.05, 0) is 55.4 Å². The lowest BCUT2D eigenvalue weighted by atomic mass is 10.1. The third-order valence-corrected chi connectivity index (χ3v) is 5.86. The second kappa shape index (κ2) is 8.61. The quantitative estimate of drug-likeness (QED) is 0.853. The van der Waals surface area contributed by atoms with E-state index in [4.69, 9.17) is 5.11 Å². The molecule has 0 spiro atoms. The van der Waals surface area contributed by atoms with E-state index in [1.165, 1.54) is 16.0 Å². The molecule has 0 radical (unpaired) electrons. The van der Waals surface area contributed by atoms with Crippen LogP contribution in [0.2, 0.25) is 0 Å². The maximum absolute atomic E-state index is 10.9. The number of benzene rings is 1. The Balaban J connectivity index is 1.55. The van der Waals surface area contributed by atoms with Crippen LogP contribution in [-0.2, 0) is 11.3 Å². The standard InChI is InChI=1S/C20H26N2O2S/c1-21(14-20(23)24)18-8-5-10-22(11-9-18)13-19-12-17(15-25-19)16-6-3-2-4-7-16/h2-4,6-7,12,15,18H,5,8-11,13-14H2,1H3,(H,23,24). The molecule has 1 N–H and O–H groups in total. The van der Waals surface area contributed by atoms with Crippen molar-refractivity contribution in [1.29, 1.82) is 0 Å². The number of nitrogens with zero attached hydrogens (tertiary/aromatic N) is 2. The molecule has 0 amide bonds. The minimum Gasteiger partial charge on any atom is -0.480 e. The zero-order valence-electron chi connectivity index (χ0n) is 14.7. The third kappa shape index (κ3) is 5.14. The highest BCUT2D eigenvalue weighted by molar-refractivity contribution is 7.10. The van der Waals surface area contributed by atoms with Gasteiger partial charge in [0.25, 0.3) is 0 Å². The first kappa shape index (κ1) is 18.1. The predicted molar refractivity (Wildman–Crippen MR) is 103 cm³/mol. The van der Waals surface area contributed by atoms with Crippen molar-refractivity contribution in [2.45, 2.75) is 31.8 Å². The highest BCUT2D eigenvalue weighted by Crippen LogP contribution is 2.27. The fourth-order valence-corrected chi connectivity index (χ4v) is 4.48. The van der Waals surface area contributed by atoms with Crippen LogP contribution in [-0.4, -0.2) is 53.6 Å². The molecular formula is C20H26N2O2S. The molecule has 3 rings (SSSR count). The molecule has 1 aromatic carbocycles. The van der Waals surface area contributed by atoms with E-state index in [0.717, 1.165) is 38.9 Å². The van der Waals surface area contributed by atoms with Gasteiger partial charge in [-0.15, -0.1) is 11.3 Å². The summed E-state index contributed by atoms with van der Waals surface area (Å²) >= 11 is 1.83. The van der Waals surface area contributed by atoms with Gasteiger partial charge >= 0.3 is 5.97 Å². The van der Waals surface area contributed by atoms with Crippen LogP contribution >= 0.6 is 11.3 Å². The van der Waals surface area contributed by atoms with Crippen LogP contribution in [0, 0.1) is 0 Å². The van der Waals surface area contributed by atoms with E-state index in [2.05, 4.69) is 40.6 Å². The highest BCUT2D eigenvalue weighted by atomic mass is 32.1. The number of carbonyl (C=O) groups is 1. The fraction of sp³-hybridized carbons (Fsp3) is 0.450. The van der Waals surface area contributed by atoms with E-state index < -0.39 is 5.97 Å². The molecule has 1 atom stereocenters. The van der Waals surface area contributed by atoms with Crippen molar-refractivity contribution in [3.05, 3.63) is 46.7 Å². The Kier molecular flexibility index (Phi) is 6.24. The molecule has 25 heavy (non-hydrogen) atoms. The Labute approximate surface area is 153 Å². The third-order valence-electron chi connectivity index (χ3n) is 4.94. The van der Waals surface area contributed by atoms with Crippen LogP contribution in [0.3, 0.4) is 0 Å². The number of carboxylic acid groups (broad SMARTS) is 1. The van der Waals surface area contributed by atoms with E-state index in [0.29, 0.717) is 6.04 Å². The smallest absolute Gasteiger partial charge is 0.317 e. The molecule has 1 unspecified atom stereocenters. The average molecular weight is 359 g/mol. The van der Waals surface area contributed by atoms with Crippen LogP contribution in [0.1, 0.15) is 24.1 Å². The number of thiophene rings is 1. The normalized spacial score (nSPS) is 19.0. The van der Waals surface area contributed by atoms with Gasteiger partial charge in [0, 0.05) is 24.0 Å². The summed E-state index contributed by atoms with van der Waals surface area (Å²) in [7, 11) is 1.93. The van der Waals surface area contributed by atoms with Crippen LogP contribution < -0.4 is 0 Å². The minimum absolute atomic E-state index is 0.135. The molecule has 0 bridgehead atoms. The Hall–Kier alpha value is -1.69. The second-order valence-electron chi connectivity index (χ2n) is 6.84. The van der Waals surface area contributed by atoms with Crippen LogP contribution in [0.15, 0.2) is 41.8 Å². The monoisotopic (exact) mass is 358 g/mol. The van der Waals surface area contributed by atoms with Gasteiger partial charge in [-0.25, -0.2) is 0 Å². The van der Waals surface area contributed by atoms with Gasteiger partial charge in [0.15, 0.2) is 0 Å². The lowest BCUT2D eigenvalue weighted by molar-refractivity contribution is -0.138. The Bertz CT molecular complexity index is 686. The number of likely N-dealkylation sites (tertiary alicyclic amines) is 1. The fourth-order valence-electron chi connectivity index (χ4n) is 3.55. The highest BCUT2D eigenvalue weighted by Gasteiger charge is 2.22. The zero-order valence-corrected chi connectivity index (χ0v) is 15.5. The molecule has 0 aliphatic carbocycles. The molecule has 1 aliphatic heterocycles. The number of carboxylic acids is 1. The number of aliphatic carboxylic acids is 1. The van der Waals surface area contributed by atoms with Crippen molar-refractivity contribution in [2.75, 3.05) is 26.7 Å². The maximum Gasteiger partial charge on any atom is 0.317 e. The molecule has 134 valence electrons. The summed E-state index contributed by atoms with van der Waals surface area (Å²) in [4.78, 5) is 16.8. The van der Waals surface area contributed by atoms with Crippen molar-refractivity contribution in [3.63, 3.8) is 0 Å². The van der Waals surface area contributed by atoms with Crippen LogP contribution in [0.25, 0.3) is 11.1 Å². The summed E-state index contributed by atoms with van der Waals surface area (Å²) < 4.78 is 0. The van der Waals surface area contributed by atoms with Gasteiger partial charge in [-0.3, -0.25) is 14.6 Å². The first-order chi connectivity index (χ1) is 12.1. The average Bonchev–Trinajstić information content (AvgIpc) is 2.93. The second-order valence-corrected chi connectivity index (χ2v) is 7.83. The number of hydrogen-bond donors (Lipinski definition) is 1. The van der Waals surface area contributed by atoms with Gasteiger partial charge in [0.1, 0.15) is 0 Å². The van der Waals surface area contributed by atoms with Gasteiger partial charge in [0.05, 0.1) is 6.54 Å². The summed E-state index contributed by atoms with van der Waals surface area (Å²) in [6.07, 6.45) is 3.26. The Morgan fingerprint density at radius 3 is 2.80 bits per heavy atom. The largest absolute Gasteiger partial charge is 0.480 e. The van der Waals surface area contributed by atoms with Gasteiger partial charge < -0.3 is 5.11 Å². The van der Waals surface area contributed by atoms with E-state index in [-0.39, 0.29) is 6.54 Å². The molecular weight excluding hydrogens is 332 g/mol. The number of hydrogen-bond acceptors (Lipinski definition) is 4. The van der Waals surface area contributed by atoms with E-state index in [1.54, 1.807) is 0 Å². The molecule has 4 nitrogen and oxygen atoms in total. The molecule has 5 heteroatoms. The summed E-state index contributed by atoms with van der Waals surface area (Å²) in [5, 5.41) is 11.2. The SMILES string of the molecule is CN(CC(=O)O)C1CCCN(Cc2cc(-c3ccccc3)cs2)CC1. The van der Waals surface area contributed by atoms with E-state index in [1.807, 2.05) is 29.4 Å². The topological polar surface area (TPSA) is 43.8 Å². The minimum atomic E-state index is -0.740. The maximum atomic E-state index is 10.9. The summed E-state index contributed by atoms with van der Waals surface area (Å²) in [6, 6.07) is 13.2. The van der Waals surface area contributed by atoms with Crippen molar-refractivity contribution in [2.24, 2.45) is 0 Å². The van der Waals surface area contributed by atoms with E-state index >= 15 is 0 Å². The summed E-state index contributed by atoms with van der Waals surface area (Å²) in [5.74, 6) is -0.740. The van der Waals surface area contributed by atoms with Crippen molar-refractivity contribution in [1.82, 2.24) is 9.80 Å². The van der Waals surface area contributed by atoms with Gasteiger partial charge in [0.2, 0.25) is 0 Å². The molecule has 1 aliphatic rings. The zero-order chi connectivity index (χ0) is 17.6. The van der Waals surface area contributed by atoms with Crippen molar-refractivity contribution < 1.29 is 9.90 Å². The predicted octanol–water partition coefficient (Wildman–Crippen LogP) is 3.79. The molecule has 1 saturated heterocycles. The van der Waals surface area contributed by atoms with Crippen LogP contribution in [0.4, 0.5) is 0 Å². The van der Waals surface area contributed by atoms with Crippen LogP contribution in [0.5, 0.6) is 0 Å². The first-order valence-corrected chi connectivity index (χ1v) is 9.77. The number of likely N-dealkylation sites (N-methyl/N-ethyl adjacent to an activating group) is 1. The Morgan fingerprint density at radius 1 is 1.24 bits per heavy atom. The van der Waals surface area contributed by atoms with Crippen molar-refractivity contribution in [3.8, 4) is 11.1 Å². The molecule has 0 saturated carbocycles. The lowest BCUT2D eigenvalue weighted by Crippen LogP contribution is -2.36. The van der Waals surface area contributed by atoms with E-state index in [9.17, 15) is 4.79 Å². The summed E-state index contributed by atoms with van der Waals surface area (Å²) in [6.45, 7) is 3.26. The first-order valence-electron chi connectivity index (χ1n) is 8.89. The summed E-state index contributed by atoms with van der Waals surface area (Å²) in [5.41, 5.74) is 2.57. The van der Waals surface area contributed by atoms with Gasteiger partial charge in [-0.2, -0.15) is 0 Å². The van der Waals surface area contributed by atoms with Crippen molar-refractivity contribution >= 4 is 17.3 Å². The molecule has 1 fully saturated rings. The Morgan fingerprint density at radius 2 is 2.04 bits per heavy atom. The van der Waals surface area contributed by atoms with Gasteiger partial charge in [-0.1, -0.05) is 30.3 Å². The number of rotatable bonds is 6.